The first kappa shape index (κ1) is 40.1. The maximum atomic E-state index is 15.7. The lowest BCUT2D eigenvalue weighted by molar-refractivity contribution is 0.0342. The molecule has 1 saturated heterocycles. The van der Waals surface area contributed by atoms with E-state index in [4.69, 9.17) is 4.74 Å². The second kappa shape index (κ2) is 17.6. The molecule has 1 aliphatic rings. The summed E-state index contributed by atoms with van der Waals surface area (Å²) in [5, 5.41) is 25.5. The minimum Gasteiger partial charge on any atom is -0.392 e. The molecule has 1 aliphatic heterocycles. The van der Waals surface area contributed by atoms with Gasteiger partial charge in [-0.05, 0) is 59.7 Å². The van der Waals surface area contributed by atoms with Gasteiger partial charge in [0.1, 0.15) is 34.4 Å². The summed E-state index contributed by atoms with van der Waals surface area (Å²) in [6, 6.07) is 17.7. The van der Waals surface area contributed by atoms with E-state index in [-0.39, 0.29) is 34.9 Å². The van der Waals surface area contributed by atoms with Crippen molar-refractivity contribution >= 4 is 46.4 Å². The van der Waals surface area contributed by atoms with E-state index in [0.29, 0.717) is 36.7 Å². The number of carbonyl (C=O) groups is 4. The highest BCUT2D eigenvalue weighted by molar-refractivity contribution is 6.13. The van der Waals surface area contributed by atoms with Crippen LogP contribution in [-0.4, -0.2) is 74.7 Å². The number of aliphatic hydroxyl groups is 1. The summed E-state index contributed by atoms with van der Waals surface area (Å²) >= 11 is 0. The molecule has 14 nitrogen and oxygen atoms in total. The zero-order valence-corrected chi connectivity index (χ0v) is 30.8. The maximum absolute atomic E-state index is 15.7. The van der Waals surface area contributed by atoms with Gasteiger partial charge in [0.05, 0.1) is 42.4 Å². The molecule has 0 atom stereocenters. The number of H-pyrrole nitrogens is 1. The van der Waals surface area contributed by atoms with Crippen molar-refractivity contribution in [2.75, 3.05) is 47.6 Å². The van der Waals surface area contributed by atoms with E-state index in [0.717, 1.165) is 72.1 Å². The molecule has 7 rings (SSSR count). The van der Waals surface area contributed by atoms with Crippen LogP contribution in [0.5, 0.6) is 0 Å². The van der Waals surface area contributed by atoms with Crippen molar-refractivity contribution in [3.63, 3.8) is 0 Å². The zero-order chi connectivity index (χ0) is 41.6. The molecule has 0 bridgehead atoms. The van der Waals surface area contributed by atoms with E-state index >= 15 is 8.78 Å². The molecule has 2 aromatic heterocycles. The molecule has 18 heteroatoms. The molecule has 6 N–H and O–H groups in total. The number of benzene rings is 4. The quantitative estimate of drug-likeness (QED) is 0.0803. The van der Waals surface area contributed by atoms with Crippen LogP contribution >= 0.6 is 0 Å². The maximum Gasteiger partial charge on any atom is 0.278 e. The number of anilines is 4. The van der Waals surface area contributed by atoms with Crippen LogP contribution in [-0.2, 0) is 17.9 Å². The second-order valence-corrected chi connectivity index (χ2v) is 13.3. The smallest absolute Gasteiger partial charge is 0.278 e. The highest BCUT2D eigenvalue weighted by atomic mass is 19.1. The van der Waals surface area contributed by atoms with Crippen molar-refractivity contribution < 1.29 is 46.6 Å². The van der Waals surface area contributed by atoms with Crippen LogP contribution < -0.4 is 21.3 Å². The molecule has 4 amide bonds. The van der Waals surface area contributed by atoms with Crippen molar-refractivity contribution in [1.29, 1.82) is 0 Å². The summed E-state index contributed by atoms with van der Waals surface area (Å²) in [4.78, 5) is 55.3. The Bertz CT molecular complexity index is 2530. The van der Waals surface area contributed by atoms with Crippen LogP contribution in [0.4, 0.5) is 40.3 Å². The lowest BCUT2D eigenvalue weighted by atomic mass is 10.1. The molecule has 4 aromatic carbocycles. The van der Waals surface area contributed by atoms with Gasteiger partial charge in [-0.3, -0.25) is 29.2 Å². The first-order valence-electron chi connectivity index (χ1n) is 18.0. The second-order valence-electron chi connectivity index (χ2n) is 13.3. The summed E-state index contributed by atoms with van der Waals surface area (Å²) in [5.41, 5.74) is -1.12. The number of halogens is 4. The predicted molar refractivity (Wildman–Crippen MR) is 207 cm³/mol. The minimum atomic E-state index is -1.34. The van der Waals surface area contributed by atoms with Crippen molar-refractivity contribution in [3.8, 4) is 5.69 Å². The van der Waals surface area contributed by atoms with Gasteiger partial charge in [0.25, 0.3) is 23.6 Å². The average molecular weight is 811 g/mol. The Kier molecular flexibility index (Phi) is 11.9. The van der Waals surface area contributed by atoms with E-state index in [9.17, 15) is 33.1 Å². The Hall–Kier alpha value is -7.15. The number of carbonyl (C=O) groups excluding carboxylic acids is 4. The lowest BCUT2D eigenvalue weighted by Gasteiger charge is -2.26. The topological polar surface area (TPSA) is 183 Å². The van der Waals surface area contributed by atoms with Crippen LogP contribution in [0.2, 0.25) is 0 Å². The van der Waals surface area contributed by atoms with Crippen LogP contribution in [0.3, 0.4) is 0 Å². The van der Waals surface area contributed by atoms with Gasteiger partial charge in [-0.2, -0.15) is 5.10 Å². The Morgan fingerprint density at radius 1 is 0.678 bits per heavy atom. The lowest BCUT2D eigenvalue weighted by Crippen LogP contribution is -2.35. The van der Waals surface area contributed by atoms with Gasteiger partial charge in [-0.25, -0.2) is 17.6 Å². The van der Waals surface area contributed by atoms with Crippen LogP contribution in [0.25, 0.3) is 5.69 Å². The predicted octanol–water partition coefficient (Wildman–Crippen LogP) is 6.09. The number of morpholine rings is 1. The molecule has 59 heavy (non-hydrogen) atoms. The fourth-order valence-corrected chi connectivity index (χ4v) is 6.35. The normalized spacial score (nSPS) is 12.8. The third-order valence-electron chi connectivity index (χ3n) is 9.23. The number of aromatic nitrogens is 3. The van der Waals surface area contributed by atoms with Crippen molar-refractivity contribution in [2.45, 2.75) is 13.2 Å². The molecule has 0 aliphatic carbocycles. The molecule has 6 aromatic rings. The van der Waals surface area contributed by atoms with E-state index < -0.39 is 58.0 Å². The number of aliphatic hydroxyl groups excluding tert-OH is 1. The zero-order valence-electron chi connectivity index (χ0n) is 30.8. The fourth-order valence-electron chi connectivity index (χ4n) is 6.35. The van der Waals surface area contributed by atoms with Crippen LogP contribution in [0.1, 0.15) is 52.7 Å². The van der Waals surface area contributed by atoms with Gasteiger partial charge in [0.15, 0.2) is 5.69 Å². The van der Waals surface area contributed by atoms with Gasteiger partial charge < -0.3 is 35.7 Å². The van der Waals surface area contributed by atoms with Gasteiger partial charge in [0, 0.05) is 49.6 Å². The van der Waals surface area contributed by atoms with E-state index in [1.807, 2.05) is 6.07 Å². The summed E-state index contributed by atoms with van der Waals surface area (Å²) < 4.78 is 67.0. The van der Waals surface area contributed by atoms with Crippen LogP contribution in [0, 0.1) is 23.3 Å². The van der Waals surface area contributed by atoms with E-state index in [1.54, 1.807) is 36.4 Å². The molecule has 1 fully saturated rings. The van der Waals surface area contributed by atoms with Crippen LogP contribution in [0.15, 0.2) is 97.5 Å². The van der Waals surface area contributed by atoms with Crippen molar-refractivity contribution in [1.82, 2.24) is 19.7 Å². The number of rotatable bonds is 12. The molecule has 302 valence electrons. The summed E-state index contributed by atoms with van der Waals surface area (Å²) in [6.07, 6.45) is 3.39. The molecule has 0 unspecified atom stereocenters. The first-order chi connectivity index (χ1) is 28.5. The van der Waals surface area contributed by atoms with E-state index in [2.05, 4.69) is 36.4 Å². The Labute approximate surface area is 332 Å². The number of nitrogens with zero attached hydrogens (tertiary/aromatic N) is 3. The number of nitrogens with one attached hydrogen (secondary N) is 5. The van der Waals surface area contributed by atoms with Gasteiger partial charge in [-0.1, -0.05) is 30.3 Å². The third-order valence-corrected chi connectivity index (χ3v) is 9.23. The number of hydrogen-bond acceptors (Lipinski definition) is 8. The largest absolute Gasteiger partial charge is 0.392 e. The Balaban J connectivity index is 1.14. The summed E-state index contributed by atoms with van der Waals surface area (Å²) in [6.45, 7) is 2.97. The molecule has 0 spiro atoms. The molecular formula is C41H34F4N8O6. The molecule has 0 radical (unpaired) electrons. The van der Waals surface area contributed by atoms with Crippen molar-refractivity contribution in [3.05, 3.63) is 154 Å². The number of aromatic amines is 1. The van der Waals surface area contributed by atoms with E-state index in [1.165, 1.54) is 6.07 Å². The summed E-state index contributed by atoms with van der Waals surface area (Å²) in [5.74, 6) is -9.09. The highest BCUT2D eigenvalue weighted by Gasteiger charge is 2.26. The molecule has 3 heterocycles. The Morgan fingerprint density at radius 2 is 1.25 bits per heavy atom. The highest BCUT2D eigenvalue weighted by Crippen LogP contribution is 2.27. The molecule has 0 saturated carbocycles. The third kappa shape index (κ3) is 9.20. The van der Waals surface area contributed by atoms with Gasteiger partial charge in [0.2, 0.25) is 0 Å². The molecular weight excluding hydrogens is 776 g/mol. The Morgan fingerprint density at radius 3 is 1.92 bits per heavy atom. The minimum absolute atomic E-state index is 0.201. The SMILES string of the molecule is O=C(Nc1cccc(CN2CCOCC2)c1)c1cn(-c2cc(F)c(C(=O)Nc3c[nH]nc3C(=O)Nc3cccc(CO)c3)c(F)c2)cc1NC(=O)c1c(F)cccc1F. The van der Waals surface area contributed by atoms with Gasteiger partial charge in [-0.15, -0.1) is 0 Å². The summed E-state index contributed by atoms with van der Waals surface area (Å²) in [7, 11) is 0. The monoisotopic (exact) mass is 810 g/mol. The fraction of sp³-hybridized carbons (Fsp3) is 0.146. The number of ether oxygens (including phenoxy) is 1. The first-order valence-corrected chi connectivity index (χ1v) is 18.0. The van der Waals surface area contributed by atoms with Crippen molar-refractivity contribution in [2.24, 2.45) is 0 Å². The average Bonchev–Trinajstić information content (AvgIpc) is 3.85. The number of amides is 4. The van der Waals surface area contributed by atoms with Gasteiger partial charge >= 0.3 is 0 Å². The standard InChI is InChI=1S/C41H34F4N8O6/c42-29-8-3-9-30(43)35(29)39(56)50-34-21-53(20-28(34)38(55)47-25-6-1-4-23(14-25)19-52-10-12-59-13-11-52)27-16-31(44)36(32(45)17-27)40(57)49-33-18-46-51-37(33)41(58)48-26-7-2-5-24(15-26)22-54/h1-9,14-18,20-21,54H,10-13,19,22H2,(H,46,51)(H,47,55)(H,48,58)(H,49,57)(H,50,56). The number of hydrogen-bond donors (Lipinski definition) is 6.